The molecule has 0 aliphatic rings. The van der Waals surface area contributed by atoms with Crippen LogP contribution in [0.4, 0.5) is 0 Å². The first-order valence-corrected chi connectivity index (χ1v) is 15.7. The van der Waals surface area contributed by atoms with Crippen molar-refractivity contribution in [2.24, 2.45) is 0 Å². The molecule has 7 aromatic carbocycles. The SMILES string of the molecule is c1ccc(-c2cccc(-c3nc(-c4cccc(-c5ccccc5)c4)nc(-c4cccc5c4ccc4c6ccccc6oc54)n3)c2)cc1. The van der Waals surface area contributed by atoms with E-state index in [0.717, 1.165) is 71.7 Å². The number of rotatable bonds is 5. The van der Waals surface area contributed by atoms with Gasteiger partial charge in [0, 0.05) is 32.8 Å². The Bertz CT molecular complexity index is 2470. The third kappa shape index (κ3) is 4.84. The molecular formula is C43H27N3O. The molecule has 0 radical (unpaired) electrons. The fourth-order valence-electron chi connectivity index (χ4n) is 6.43. The number of furan rings is 1. The predicted octanol–water partition coefficient (Wildman–Crippen LogP) is 11.3. The van der Waals surface area contributed by atoms with Crippen molar-refractivity contribution in [3.8, 4) is 56.4 Å². The number of hydrogen-bond acceptors (Lipinski definition) is 4. The Morgan fingerprint density at radius 1 is 0.319 bits per heavy atom. The minimum atomic E-state index is 0.612. The van der Waals surface area contributed by atoms with Crippen LogP contribution in [0.15, 0.2) is 168 Å². The highest BCUT2D eigenvalue weighted by Gasteiger charge is 2.17. The summed E-state index contributed by atoms with van der Waals surface area (Å²) in [5, 5.41) is 4.25. The van der Waals surface area contributed by atoms with Crippen molar-refractivity contribution in [2.75, 3.05) is 0 Å². The van der Waals surface area contributed by atoms with E-state index >= 15 is 0 Å². The van der Waals surface area contributed by atoms with Gasteiger partial charge in [0.05, 0.1) is 0 Å². The summed E-state index contributed by atoms with van der Waals surface area (Å²) < 4.78 is 6.40. The Labute approximate surface area is 271 Å². The van der Waals surface area contributed by atoms with Crippen LogP contribution in [-0.4, -0.2) is 15.0 Å². The van der Waals surface area contributed by atoms with E-state index in [1.807, 2.05) is 30.3 Å². The summed E-state index contributed by atoms with van der Waals surface area (Å²) in [4.78, 5) is 15.4. The summed E-state index contributed by atoms with van der Waals surface area (Å²) in [5.74, 6) is 1.85. The van der Waals surface area contributed by atoms with Crippen molar-refractivity contribution in [1.29, 1.82) is 0 Å². The lowest BCUT2D eigenvalue weighted by Crippen LogP contribution is -2.01. The van der Waals surface area contributed by atoms with Crippen LogP contribution in [0, 0.1) is 0 Å². The lowest BCUT2D eigenvalue weighted by atomic mass is 10.0. The van der Waals surface area contributed by atoms with E-state index in [1.165, 1.54) is 0 Å². The van der Waals surface area contributed by atoms with Crippen molar-refractivity contribution >= 4 is 32.7 Å². The van der Waals surface area contributed by atoms with Crippen molar-refractivity contribution in [1.82, 2.24) is 15.0 Å². The fourth-order valence-corrected chi connectivity index (χ4v) is 6.43. The average molecular weight is 602 g/mol. The average Bonchev–Trinajstić information content (AvgIpc) is 3.55. The second kappa shape index (κ2) is 11.2. The fraction of sp³-hybridized carbons (Fsp3) is 0. The monoisotopic (exact) mass is 601 g/mol. The van der Waals surface area contributed by atoms with Gasteiger partial charge >= 0.3 is 0 Å². The Hall–Kier alpha value is -6.39. The summed E-state index contributed by atoms with van der Waals surface area (Å²) in [6.45, 7) is 0. The third-order valence-electron chi connectivity index (χ3n) is 8.73. The smallest absolute Gasteiger partial charge is 0.164 e. The third-order valence-corrected chi connectivity index (χ3v) is 8.73. The van der Waals surface area contributed by atoms with E-state index < -0.39 is 0 Å². The highest BCUT2D eigenvalue weighted by molar-refractivity contribution is 6.17. The molecule has 0 bridgehead atoms. The number of nitrogens with zero attached hydrogens (tertiary/aromatic N) is 3. The maximum Gasteiger partial charge on any atom is 0.164 e. The Morgan fingerprint density at radius 2 is 0.787 bits per heavy atom. The van der Waals surface area contributed by atoms with Crippen LogP contribution in [0.3, 0.4) is 0 Å². The predicted molar refractivity (Wildman–Crippen MR) is 192 cm³/mol. The molecule has 0 unspecified atom stereocenters. The van der Waals surface area contributed by atoms with Crippen LogP contribution in [0.1, 0.15) is 0 Å². The lowest BCUT2D eigenvalue weighted by Gasteiger charge is -2.12. The molecule has 4 nitrogen and oxygen atoms in total. The molecule has 0 amide bonds. The standard InChI is InChI=1S/C43H27N3O/c1-3-12-28(13-4-1)30-16-9-18-32(26-30)41-44-42(33-19-10-17-31(27-33)29-14-5-2-6-15-29)46-43(45-41)38-22-11-21-36-34(38)24-25-37-35-20-7-8-23-39(35)47-40(36)37/h1-27H. The second-order valence-corrected chi connectivity index (χ2v) is 11.6. The quantitative estimate of drug-likeness (QED) is 0.197. The first kappa shape index (κ1) is 27.0. The lowest BCUT2D eigenvalue weighted by molar-refractivity contribution is 0.672. The zero-order valence-corrected chi connectivity index (χ0v) is 25.3. The van der Waals surface area contributed by atoms with Crippen LogP contribution in [0.5, 0.6) is 0 Å². The molecule has 0 fully saturated rings. The minimum Gasteiger partial charge on any atom is -0.455 e. The van der Waals surface area contributed by atoms with Gasteiger partial charge in [0.1, 0.15) is 11.2 Å². The Balaban J connectivity index is 1.26. The van der Waals surface area contributed by atoms with Gasteiger partial charge < -0.3 is 4.42 Å². The van der Waals surface area contributed by atoms with E-state index in [2.05, 4.69) is 133 Å². The maximum absolute atomic E-state index is 6.40. The van der Waals surface area contributed by atoms with Crippen LogP contribution in [-0.2, 0) is 0 Å². The Kier molecular flexibility index (Phi) is 6.43. The van der Waals surface area contributed by atoms with Gasteiger partial charge in [-0.25, -0.2) is 15.0 Å². The summed E-state index contributed by atoms with van der Waals surface area (Å²) in [5.41, 5.74) is 9.02. The van der Waals surface area contributed by atoms with E-state index in [0.29, 0.717) is 17.5 Å². The van der Waals surface area contributed by atoms with Crippen molar-refractivity contribution < 1.29 is 4.42 Å². The van der Waals surface area contributed by atoms with Gasteiger partial charge in [-0.2, -0.15) is 0 Å². The second-order valence-electron chi connectivity index (χ2n) is 11.6. The largest absolute Gasteiger partial charge is 0.455 e. The number of fused-ring (bicyclic) bond motifs is 5. The summed E-state index contributed by atoms with van der Waals surface area (Å²) >= 11 is 0. The minimum absolute atomic E-state index is 0.612. The van der Waals surface area contributed by atoms with E-state index in [4.69, 9.17) is 19.4 Å². The van der Waals surface area contributed by atoms with E-state index in [9.17, 15) is 0 Å². The zero-order chi connectivity index (χ0) is 31.2. The van der Waals surface area contributed by atoms with Gasteiger partial charge in [0.2, 0.25) is 0 Å². The molecule has 0 N–H and O–H groups in total. The first-order chi connectivity index (χ1) is 23.3. The number of aromatic nitrogens is 3. The van der Waals surface area contributed by atoms with Gasteiger partial charge in [-0.05, 0) is 51.9 Å². The molecule has 4 heteroatoms. The number of para-hydroxylation sites is 1. The molecule has 0 saturated carbocycles. The summed E-state index contributed by atoms with van der Waals surface area (Å²) in [6, 6.07) is 56.3. The molecule has 9 rings (SSSR count). The normalized spacial score (nSPS) is 11.4. The molecule has 9 aromatic rings. The topological polar surface area (TPSA) is 51.8 Å². The molecule has 2 aromatic heterocycles. The molecular weight excluding hydrogens is 574 g/mol. The van der Waals surface area contributed by atoms with Crippen LogP contribution < -0.4 is 0 Å². The number of benzene rings is 7. The number of hydrogen-bond donors (Lipinski definition) is 0. The zero-order valence-electron chi connectivity index (χ0n) is 25.3. The highest BCUT2D eigenvalue weighted by Crippen LogP contribution is 2.38. The molecule has 0 atom stereocenters. The molecule has 220 valence electrons. The molecule has 47 heavy (non-hydrogen) atoms. The maximum atomic E-state index is 6.40. The van der Waals surface area contributed by atoms with Gasteiger partial charge in [0.15, 0.2) is 17.5 Å². The summed E-state index contributed by atoms with van der Waals surface area (Å²) in [7, 11) is 0. The highest BCUT2D eigenvalue weighted by atomic mass is 16.3. The molecule has 2 heterocycles. The van der Waals surface area contributed by atoms with E-state index in [-0.39, 0.29) is 0 Å². The molecule has 0 aliphatic carbocycles. The first-order valence-electron chi connectivity index (χ1n) is 15.7. The van der Waals surface area contributed by atoms with Crippen LogP contribution in [0.2, 0.25) is 0 Å². The van der Waals surface area contributed by atoms with E-state index in [1.54, 1.807) is 0 Å². The molecule has 0 aliphatic heterocycles. The van der Waals surface area contributed by atoms with Crippen molar-refractivity contribution in [2.45, 2.75) is 0 Å². The summed E-state index contributed by atoms with van der Waals surface area (Å²) in [6.07, 6.45) is 0. The van der Waals surface area contributed by atoms with Crippen LogP contribution in [0.25, 0.3) is 89.1 Å². The molecule has 0 spiro atoms. The van der Waals surface area contributed by atoms with Crippen LogP contribution >= 0.6 is 0 Å². The van der Waals surface area contributed by atoms with Gasteiger partial charge in [-0.3, -0.25) is 0 Å². The Morgan fingerprint density at radius 3 is 1.45 bits per heavy atom. The molecule has 0 saturated heterocycles. The van der Waals surface area contributed by atoms with Gasteiger partial charge in [0.25, 0.3) is 0 Å². The van der Waals surface area contributed by atoms with Gasteiger partial charge in [-0.15, -0.1) is 0 Å². The van der Waals surface area contributed by atoms with Crippen molar-refractivity contribution in [3.63, 3.8) is 0 Å². The van der Waals surface area contributed by atoms with Gasteiger partial charge in [-0.1, -0.05) is 140 Å². The van der Waals surface area contributed by atoms with Crippen molar-refractivity contribution in [3.05, 3.63) is 164 Å².